The zero-order valence-electron chi connectivity index (χ0n) is 16.0. The molecule has 1 aromatic carbocycles. The van der Waals surface area contributed by atoms with E-state index in [1.54, 1.807) is 0 Å². The lowest BCUT2D eigenvalue weighted by Crippen LogP contribution is -2.33. The molecule has 29 heavy (non-hydrogen) atoms. The van der Waals surface area contributed by atoms with Crippen molar-refractivity contribution in [1.82, 2.24) is 19.9 Å². The number of thiophene rings is 1. The van der Waals surface area contributed by atoms with Crippen molar-refractivity contribution in [1.29, 1.82) is 0 Å². The molecule has 6 nitrogen and oxygen atoms in total. The van der Waals surface area contributed by atoms with Gasteiger partial charge in [0.2, 0.25) is 5.91 Å². The van der Waals surface area contributed by atoms with E-state index in [4.69, 9.17) is 11.6 Å². The maximum Gasteiger partial charge on any atom is 0.271 e. The summed E-state index contributed by atoms with van der Waals surface area (Å²) in [4.78, 5) is 34.9. The third-order valence-corrected chi connectivity index (χ3v) is 6.02. The van der Waals surface area contributed by atoms with Crippen LogP contribution < -0.4 is 10.9 Å². The van der Waals surface area contributed by atoms with E-state index in [0.29, 0.717) is 28.2 Å². The minimum Gasteiger partial charge on any atom is -0.354 e. The van der Waals surface area contributed by atoms with Gasteiger partial charge in [0.05, 0.1) is 11.8 Å². The summed E-state index contributed by atoms with van der Waals surface area (Å²) in [6.07, 6.45) is 2.13. The summed E-state index contributed by atoms with van der Waals surface area (Å²) in [5.41, 5.74) is 3.46. The quantitative estimate of drug-likeness (QED) is 0.528. The van der Waals surface area contributed by atoms with Gasteiger partial charge in [-0.2, -0.15) is 0 Å². The maximum absolute atomic E-state index is 12.9. The molecule has 0 atom stereocenters. The first-order chi connectivity index (χ1) is 13.9. The summed E-state index contributed by atoms with van der Waals surface area (Å²) in [7, 11) is 0. The van der Waals surface area contributed by atoms with Crippen LogP contribution in [-0.4, -0.2) is 27.0 Å². The van der Waals surface area contributed by atoms with Crippen molar-refractivity contribution in [3.8, 4) is 0 Å². The third kappa shape index (κ3) is 4.02. The third-order valence-electron chi connectivity index (χ3n) is 4.71. The van der Waals surface area contributed by atoms with Crippen LogP contribution in [0.1, 0.15) is 16.8 Å². The van der Waals surface area contributed by atoms with Crippen molar-refractivity contribution < 1.29 is 4.79 Å². The Morgan fingerprint density at radius 1 is 1.24 bits per heavy atom. The normalized spacial score (nSPS) is 11.3. The molecule has 8 heteroatoms. The van der Waals surface area contributed by atoms with Crippen LogP contribution in [0.3, 0.4) is 0 Å². The summed E-state index contributed by atoms with van der Waals surface area (Å²) >= 11 is 7.20. The van der Waals surface area contributed by atoms with E-state index in [9.17, 15) is 9.59 Å². The highest BCUT2D eigenvalue weighted by atomic mass is 35.5. The molecule has 148 valence electrons. The van der Waals surface area contributed by atoms with Crippen LogP contribution in [0.4, 0.5) is 0 Å². The first kappa shape index (κ1) is 19.5. The monoisotopic (exact) mass is 426 g/mol. The highest BCUT2D eigenvalue weighted by Gasteiger charge is 2.15. The predicted molar refractivity (Wildman–Crippen MR) is 117 cm³/mol. The number of nitrogens with zero attached hydrogens (tertiary/aromatic N) is 3. The zero-order valence-corrected chi connectivity index (χ0v) is 17.6. The van der Waals surface area contributed by atoms with Gasteiger partial charge in [-0.15, -0.1) is 11.3 Å². The Hall–Kier alpha value is -2.77. The van der Waals surface area contributed by atoms with E-state index >= 15 is 0 Å². The van der Waals surface area contributed by atoms with Gasteiger partial charge in [0.1, 0.15) is 16.1 Å². The molecule has 0 saturated heterocycles. The fraction of sp³-hybridized carbons (Fsp3) is 0.238. The predicted octanol–water partition coefficient (Wildman–Crippen LogP) is 3.64. The van der Waals surface area contributed by atoms with Gasteiger partial charge < -0.3 is 5.32 Å². The summed E-state index contributed by atoms with van der Waals surface area (Å²) in [5.74, 6) is -0.228. The van der Waals surface area contributed by atoms with E-state index in [2.05, 4.69) is 15.3 Å². The van der Waals surface area contributed by atoms with Crippen molar-refractivity contribution in [3.05, 3.63) is 68.9 Å². The van der Waals surface area contributed by atoms with Crippen molar-refractivity contribution in [2.75, 3.05) is 6.54 Å². The summed E-state index contributed by atoms with van der Waals surface area (Å²) in [5, 5.41) is 4.44. The molecule has 1 N–H and O–H groups in total. The van der Waals surface area contributed by atoms with Gasteiger partial charge in [-0.3, -0.25) is 14.2 Å². The molecule has 4 rings (SSSR count). The van der Waals surface area contributed by atoms with Crippen LogP contribution in [0.15, 0.2) is 41.5 Å². The lowest BCUT2D eigenvalue weighted by atomic mass is 10.1. The summed E-state index contributed by atoms with van der Waals surface area (Å²) in [6, 6.07) is 9.48. The number of rotatable bonds is 5. The van der Waals surface area contributed by atoms with Gasteiger partial charge in [-0.05, 0) is 49.6 Å². The molecule has 0 aliphatic carbocycles. The van der Waals surface area contributed by atoms with Crippen LogP contribution in [0, 0.1) is 13.8 Å². The van der Waals surface area contributed by atoms with E-state index in [1.807, 2.05) is 44.2 Å². The number of halogens is 1. The number of amides is 1. The largest absolute Gasteiger partial charge is 0.354 e. The van der Waals surface area contributed by atoms with Gasteiger partial charge in [0, 0.05) is 22.6 Å². The number of fused-ring (bicyclic) bond motifs is 3. The Bertz CT molecular complexity index is 1280. The molecule has 0 unspecified atom stereocenters. The first-order valence-electron chi connectivity index (χ1n) is 9.19. The number of hydrogen-bond acceptors (Lipinski definition) is 5. The van der Waals surface area contributed by atoms with Crippen LogP contribution in [0.25, 0.3) is 20.4 Å². The maximum atomic E-state index is 12.9. The number of nitrogens with one attached hydrogen (secondary N) is 1. The average Bonchev–Trinajstić information content (AvgIpc) is 3.05. The van der Waals surface area contributed by atoms with Crippen LogP contribution in [0.5, 0.6) is 0 Å². The topological polar surface area (TPSA) is 76.9 Å². The lowest BCUT2D eigenvalue weighted by molar-refractivity contribution is -0.121. The molecule has 0 radical (unpaired) electrons. The number of aryl methyl sites for hydroxylation is 2. The van der Waals surface area contributed by atoms with Crippen molar-refractivity contribution >= 4 is 49.3 Å². The molecule has 0 fully saturated rings. The Morgan fingerprint density at radius 2 is 2.00 bits per heavy atom. The highest BCUT2D eigenvalue weighted by Crippen LogP contribution is 2.31. The molecule has 0 aliphatic heterocycles. The lowest BCUT2D eigenvalue weighted by Gasteiger charge is -2.07. The molecule has 3 aromatic heterocycles. The Morgan fingerprint density at radius 3 is 2.76 bits per heavy atom. The van der Waals surface area contributed by atoms with E-state index in [0.717, 1.165) is 27.0 Å². The van der Waals surface area contributed by atoms with E-state index in [-0.39, 0.29) is 18.0 Å². The number of aromatic nitrogens is 3. The second-order valence-corrected chi connectivity index (χ2v) is 8.38. The summed E-state index contributed by atoms with van der Waals surface area (Å²) < 4.78 is 1.87. The van der Waals surface area contributed by atoms with Gasteiger partial charge in [-0.25, -0.2) is 9.97 Å². The fourth-order valence-electron chi connectivity index (χ4n) is 3.32. The molecule has 0 spiro atoms. The number of pyridine rings is 1. The van der Waals surface area contributed by atoms with E-state index < -0.39 is 0 Å². The number of carbonyl (C=O) groups is 1. The molecular weight excluding hydrogens is 408 g/mol. The van der Waals surface area contributed by atoms with Gasteiger partial charge in [-0.1, -0.05) is 23.7 Å². The molecule has 0 saturated carbocycles. The highest BCUT2D eigenvalue weighted by molar-refractivity contribution is 7.25. The summed E-state index contributed by atoms with van der Waals surface area (Å²) in [6.45, 7) is 4.33. The molecule has 4 aromatic rings. The standard InChI is InChI=1S/C21H19ClN4O2S/c1-12-9-13(2)25-20-17(12)18-19(29-20)21(28)26(11-24-18)10-16(27)23-8-7-14-3-5-15(22)6-4-14/h3-6,9,11H,7-8,10H2,1-2H3,(H,23,27). The second kappa shape index (κ2) is 7.93. The number of carbonyl (C=O) groups excluding carboxylic acids is 1. The molecule has 3 heterocycles. The smallest absolute Gasteiger partial charge is 0.271 e. The fourth-order valence-corrected chi connectivity index (χ4v) is 4.65. The van der Waals surface area contributed by atoms with Gasteiger partial charge >= 0.3 is 0 Å². The zero-order chi connectivity index (χ0) is 20.5. The van der Waals surface area contributed by atoms with Crippen LogP contribution in [-0.2, 0) is 17.8 Å². The van der Waals surface area contributed by atoms with Crippen molar-refractivity contribution in [3.63, 3.8) is 0 Å². The van der Waals surface area contributed by atoms with Crippen LogP contribution in [0.2, 0.25) is 5.02 Å². The SMILES string of the molecule is Cc1cc(C)c2c(n1)sc1c(=O)n(CC(=O)NCCc3ccc(Cl)cc3)cnc12. The van der Waals surface area contributed by atoms with Crippen molar-refractivity contribution in [2.45, 2.75) is 26.8 Å². The van der Waals surface area contributed by atoms with Gasteiger partial charge in [0.15, 0.2) is 0 Å². The average molecular weight is 427 g/mol. The van der Waals surface area contributed by atoms with Crippen LogP contribution >= 0.6 is 22.9 Å². The van der Waals surface area contributed by atoms with E-state index in [1.165, 1.54) is 22.2 Å². The molecule has 0 bridgehead atoms. The Balaban J connectivity index is 1.50. The minimum atomic E-state index is -0.228. The van der Waals surface area contributed by atoms with Crippen molar-refractivity contribution in [2.24, 2.45) is 0 Å². The molecule has 1 amide bonds. The molecule has 0 aliphatic rings. The Kier molecular flexibility index (Phi) is 5.34. The van der Waals surface area contributed by atoms with Gasteiger partial charge in [0.25, 0.3) is 5.56 Å². The number of hydrogen-bond donors (Lipinski definition) is 1. The first-order valence-corrected chi connectivity index (χ1v) is 10.4. The second-order valence-electron chi connectivity index (χ2n) is 6.94. The molecular formula is C21H19ClN4O2S. The minimum absolute atomic E-state index is 0.0674. The Labute approximate surface area is 176 Å². The number of benzene rings is 1.